The van der Waals surface area contributed by atoms with Crippen LogP contribution in [0.3, 0.4) is 0 Å². The fraction of sp³-hybridized carbons (Fsp3) is 0.0400. The van der Waals surface area contributed by atoms with Crippen molar-refractivity contribution in [3.05, 3.63) is 240 Å². The van der Waals surface area contributed by atoms with Gasteiger partial charge in [-0.1, -0.05) is 194 Å². The molecular formula is C50H34N4. The van der Waals surface area contributed by atoms with Crippen molar-refractivity contribution >= 4 is 44.4 Å². The van der Waals surface area contributed by atoms with Crippen LogP contribution in [-0.2, 0) is 11.3 Å². The van der Waals surface area contributed by atoms with Crippen LogP contribution >= 0.6 is 0 Å². The predicted octanol–water partition coefficient (Wildman–Crippen LogP) is 11.0. The summed E-state index contributed by atoms with van der Waals surface area (Å²) in [6.45, 7) is 0. The van der Waals surface area contributed by atoms with E-state index in [1.807, 2.05) is 24.3 Å². The van der Waals surface area contributed by atoms with E-state index >= 15 is 0 Å². The SMILES string of the molecule is c1ccc(C2=NC(c3ccc4ccccc4c3)(C3(c4ccc5ccccc5c4)N=C(c4ccccc4)C(c4ccccc4)=N3)N=C2c2ccccc2)cc1. The molecule has 0 N–H and O–H groups in total. The largest absolute Gasteiger partial charge is 0.243 e. The first-order chi connectivity index (χ1) is 26.7. The second kappa shape index (κ2) is 12.9. The molecule has 0 unspecified atom stereocenters. The number of fused-ring (bicyclic) bond motifs is 2. The van der Waals surface area contributed by atoms with E-state index in [0.717, 1.165) is 77.8 Å². The van der Waals surface area contributed by atoms with Gasteiger partial charge in [0.25, 0.3) is 0 Å². The molecule has 54 heavy (non-hydrogen) atoms. The van der Waals surface area contributed by atoms with Crippen LogP contribution in [0.15, 0.2) is 226 Å². The Labute approximate surface area is 314 Å². The van der Waals surface area contributed by atoms with Crippen molar-refractivity contribution in [2.45, 2.75) is 11.3 Å². The Kier molecular flexibility index (Phi) is 7.55. The molecule has 2 aliphatic heterocycles. The van der Waals surface area contributed by atoms with Gasteiger partial charge in [0, 0.05) is 33.4 Å². The fourth-order valence-electron chi connectivity index (χ4n) is 7.88. The summed E-state index contributed by atoms with van der Waals surface area (Å²) in [5, 5.41) is 4.48. The molecule has 8 aromatic rings. The summed E-state index contributed by atoms with van der Waals surface area (Å²) in [5.74, 6) is 0. The highest BCUT2D eigenvalue weighted by Gasteiger charge is 2.60. The van der Waals surface area contributed by atoms with Gasteiger partial charge < -0.3 is 0 Å². The van der Waals surface area contributed by atoms with Gasteiger partial charge in [0.05, 0.1) is 22.8 Å². The Morgan fingerprint density at radius 1 is 0.241 bits per heavy atom. The lowest BCUT2D eigenvalue weighted by Crippen LogP contribution is -2.43. The average Bonchev–Trinajstić information content (AvgIpc) is 3.88. The molecule has 0 bridgehead atoms. The maximum Gasteiger partial charge on any atom is 0.226 e. The molecular weight excluding hydrogens is 657 g/mol. The Hall–Kier alpha value is -7.04. The highest BCUT2D eigenvalue weighted by molar-refractivity contribution is 6.55. The standard InChI is InChI=1S/C50H34N4/c1-5-19-37(20-6-1)45-46(38-21-7-2-8-22-38)52-49(51-45,43-31-29-35-17-13-15-27-41(35)33-43)50(44-32-30-36-18-14-16-28-42(36)34-44)53-47(39-23-9-3-10-24-39)48(54-50)40-25-11-4-12-26-40/h1-34H. The minimum absolute atomic E-state index is 0.801. The lowest BCUT2D eigenvalue weighted by molar-refractivity contribution is 0.257. The van der Waals surface area contributed by atoms with Crippen molar-refractivity contribution in [3.63, 3.8) is 0 Å². The number of aliphatic imine (C=N–C) groups is 4. The van der Waals surface area contributed by atoms with Crippen molar-refractivity contribution in [1.29, 1.82) is 0 Å². The first-order valence-electron chi connectivity index (χ1n) is 18.3. The molecule has 4 nitrogen and oxygen atoms in total. The topological polar surface area (TPSA) is 49.4 Å². The van der Waals surface area contributed by atoms with Crippen LogP contribution in [-0.4, -0.2) is 22.8 Å². The van der Waals surface area contributed by atoms with Crippen LogP contribution in [0.1, 0.15) is 33.4 Å². The third kappa shape index (κ3) is 5.14. The average molecular weight is 691 g/mol. The fourth-order valence-corrected chi connectivity index (χ4v) is 7.88. The third-order valence-corrected chi connectivity index (χ3v) is 10.5. The second-order valence-electron chi connectivity index (χ2n) is 13.8. The van der Waals surface area contributed by atoms with Crippen LogP contribution in [0.2, 0.25) is 0 Å². The number of nitrogens with zero attached hydrogens (tertiary/aromatic N) is 4. The molecule has 0 saturated heterocycles. The molecule has 0 aromatic heterocycles. The minimum Gasteiger partial charge on any atom is -0.243 e. The van der Waals surface area contributed by atoms with E-state index in [9.17, 15) is 0 Å². The van der Waals surface area contributed by atoms with Gasteiger partial charge in [0.1, 0.15) is 0 Å². The number of rotatable bonds is 7. The molecule has 10 rings (SSSR count). The number of hydrogen-bond acceptors (Lipinski definition) is 4. The van der Waals surface area contributed by atoms with E-state index in [1.165, 1.54) is 0 Å². The van der Waals surface area contributed by atoms with E-state index in [2.05, 4.69) is 182 Å². The van der Waals surface area contributed by atoms with Gasteiger partial charge in [-0.3, -0.25) is 0 Å². The van der Waals surface area contributed by atoms with Gasteiger partial charge in [-0.25, -0.2) is 20.0 Å². The Bertz CT molecular complexity index is 2490. The normalized spacial score (nSPS) is 15.8. The van der Waals surface area contributed by atoms with Crippen LogP contribution in [0.25, 0.3) is 21.5 Å². The summed E-state index contributed by atoms with van der Waals surface area (Å²) in [6.07, 6.45) is 0. The van der Waals surface area contributed by atoms with Crippen molar-refractivity contribution in [3.8, 4) is 0 Å². The van der Waals surface area contributed by atoms with E-state index < -0.39 is 11.3 Å². The van der Waals surface area contributed by atoms with Crippen LogP contribution in [0.4, 0.5) is 0 Å². The summed E-state index contributed by atoms with van der Waals surface area (Å²) in [4.78, 5) is 23.6. The van der Waals surface area contributed by atoms with Gasteiger partial charge in [-0.05, 0) is 33.7 Å². The van der Waals surface area contributed by atoms with Gasteiger partial charge in [0.2, 0.25) is 11.3 Å². The summed E-state index contributed by atoms with van der Waals surface area (Å²) in [7, 11) is 0. The summed E-state index contributed by atoms with van der Waals surface area (Å²) in [6, 6.07) is 71.6. The summed E-state index contributed by atoms with van der Waals surface area (Å²) < 4.78 is 0. The molecule has 4 heteroatoms. The molecule has 0 radical (unpaired) electrons. The predicted molar refractivity (Wildman–Crippen MR) is 223 cm³/mol. The van der Waals surface area contributed by atoms with E-state index in [-0.39, 0.29) is 0 Å². The zero-order valence-electron chi connectivity index (χ0n) is 29.4. The zero-order valence-corrected chi connectivity index (χ0v) is 29.4. The molecule has 254 valence electrons. The molecule has 0 spiro atoms. The molecule has 0 atom stereocenters. The van der Waals surface area contributed by atoms with Crippen molar-refractivity contribution in [1.82, 2.24) is 0 Å². The van der Waals surface area contributed by atoms with Gasteiger partial charge >= 0.3 is 0 Å². The minimum atomic E-state index is -1.35. The van der Waals surface area contributed by atoms with E-state index in [1.54, 1.807) is 0 Å². The Morgan fingerprint density at radius 3 is 0.796 bits per heavy atom. The highest BCUT2D eigenvalue weighted by Crippen LogP contribution is 2.55. The Morgan fingerprint density at radius 2 is 0.500 bits per heavy atom. The highest BCUT2D eigenvalue weighted by atomic mass is 15.3. The summed E-state index contributed by atoms with van der Waals surface area (Å²) in [5.41, 5.74) is 6.23. The molecule has 2 aliphatic rings. The van der Waals surface area contributed by atoms with Crippen molar-refractivity contribution < 1.29 is 0 Å². The lowest BCUT2D eigenvalue weighted by atomic mass is 9.81. The quantitative estimate of drug-likeness (QED) is 0.160. The first kappa shape index (κ1) is 31.7. The number of benzene rings is 8. The third-order valence-electron chi connectivity index (χ3n) is 10.5. The molecule has 2 heterocycles. The molecule has 0 aliphatic carbocycles. The molecule has 8 aromatic carbocycles. The molecule has 0 saturated carbocycles. The summed E-state index contributed by atoms with van der Waals surface area (Å²) >= 11 is 0. The van der Waals surface area contributed by atoms with Crippen molar-refractivity contribution in [2.24, 2.45) is 20.0 Å². The first-order valence-corrected chi connectivity index (χ1v) is 18.3. The van der Waals surface area contributed by atoms with Crippen molar-refractivity contribution in [2.75, 3.05) is 0 Å². The van der Waals surface area contributed by atoms with Gasteiger partial charge in [0.15, 0.2) is 0 Å². The van der Waals surface area contributed by atoms with Crippen LogP contribution in [0.5, 0.6) is 0 Å². The Balaban J connectivity index is 1.38. The maximum atomic E-state index is 5.89. The second-order valence-corrected chi connectivity index (χ2v) is 13.8. The van der Waals surface area contributed by atoms with Gasteiger partial charge in [-0.15, -0.1) is 0 Å². The molecule has 0 amide bonds. The monoisotopic (exact) mass is 690 g/mol. The number of hydrogen-bond donors (Lipinski definition) is 0. The lowest BCUT2D eigenvalue weighted by Gasteiger charge is -2.38. The van der Waals surface area contributed by atoms with Crippen LogP contribution in [0, 0.1) is 0 Å². The van der Waals surface area contributed by atoms with E-state index in [4.69, 9.17) is 20.0 Å². The van der Waals surface area contributed by atoms with Gasteiger partial charge in [-0.2, -0.15) is 0 Å². The van der Waals surface area contributed by atoms with Crippen LogP contribution < -0.4 is 0 Å². The maximum absolute atomic E-state index is 5.89. The smallest absolute Gasteiger partial charge is 0.226 e. The molecule has 0 fully saturated rings. The zero-order chi connectivity index (χ0) is 36.0. The van der Waals surface area contributed by atoms with E-state index in [0.29, 0.717) is 0 Å².